The number of ether oxygens (including phenoxy) is 1. The number of benzene rings is 1. The van der Waals surface area contributed by atoms with E-state index in [0.717, 1.165) is 4.90 Å². The van der Waals surface area contributed by atoms with Crippen LogP contribution in [0.25, 0.3) is 0 Å². The quantitative estimate of drug-likeness (QED) is 0.450. The van der Waals surface area contributed by atoms with Gasteiger partial charge in [-0.25, -0.2) is 4.79 Å². The lowest BCUT2D eigenvalue weighted by molar-refractivity contribution is -0.152. The summed E-state index contributed by atoms with van der Waals surface area (Å²) in [6.45, 7) is 3.64. The smallest absolute Gasteiger partial charge is 0.328 e. The molecule has 2 aliphatic heterocycles. The van der Waals surface area contributed by atoms with E-state index in [-0.39, 0.29) is 17.5 Å². The van der Waals surface area contributed by atoms with E-state index in [0.29, 0.717) is 12.8 Å². The highest BCUT2D eigenvalue weighted by Gasteiger charge is 2.45. The molecule has 0 radical (unpaired) electrons. The van der Waals surface area contributed by atoms with E-state index in [1.807, 2.05) is 0 Å². The number of fused-ring (bicyclic) bond motifs is 1. The van der Waals surface area contributed by atoms with Crippen molar-refractivity contribution >= 4 is 23.7 Å². The number of hydrogen-bond donors (Lipinski definition) is 0. The van der Waals surface area contributed by atoms with Gasteiger partial charge in [-0.1, -0.05) is 24.3 Å². The van der Waals surface area contributed by atoms with Gasteiger partial charge in [-0.05, 0) is 31.4 Å². The first-order chi connectivity index (χ1) is 13.0. The molecule has 0 saturated heterocycles. The summed E-state index contributed by atoms with van der Waals surface area (Å²) in [5, 5.41) is 0. The zero-order chi connectivity index (χ0) is 19.6. The third-order valence-corrected chi connectivity index (χ3v) is 4.75. The second-order valence-corrected chi connectivity index (χ2v) is 6.31. The molecule has 27 heavy (non-hydrogen) atoms. The van der Waals surface area contributed by atoms with Gasteiger partial charge in [0.25, 0.3) is 17.7 Å². The van der Waals surface area contributed by atoms with Crippen LogP contribution in [0.4, 0.5) is 0 Å². The maximum atomic E-state index is 13.2. The first kappa shape index (κ1) is 18.6. The number of allylic oxidation sites excluding steroid dienone is 1. The van der Waals surface area contributed by atoms with Gasteiger partial charge in [0, 0.05) is 6.20 Å². The molecule has 0 aliphatic carbocycles. The highest BCUT2D eigenvalue weighted by molar-refractivity contribution is 6.23. The van der Waals surface area contributed by atoms with E-state index in [2.05, 4.69) is 6.58 Å². The molecule has 1 aromatic rings. The van der Waals surface area contributed by atoms with Gasteiger partial charge >= 0.3 is 5.97 Å². The van der Waals surface area contributed by atoms with Gasteiger partial charge in [0.05, 0.1) is 18.2 Å². The summed E-state index contributed by atoms with van der Waals surface area (Å²) in [4.78, 5) is 53.1. The number of methoxy groups -OCH3 is 1. The Bertz CT molecular complexity index is 810. The molecule has 0 N–H and O–H groups in total. The average molecular weight is 368 g/mol. The number of amides is 3. The molecule has 1 aromatic carbocycles. The zero-order valence-electron chi connectivity index (χ0n) is 15.0. The van der Waals surface area contributed by atoms with Gasteiger partial charge in [-0.15, -0.1) is 6.58 Å². The van der Waals surface area contributed by atoms with Crippen LogP contribution in [-0.4, -0.2) is 52.7 Å². The molecular formula is C20H20N2O5. The maximum absolute atomic E-state index is 13.2. The molecule has 0 spiro atoms. The minimum absolute atomic E-state index is 0.0858. The van der Waals surface area contributed by atoms with Gasteiger partial charge in [-0.3, -0.25) is 19.3 Å². The lowest BCUT2D eigenvalue weighted by Crippen LogP contribution is -2.54. The zero-order valence-corrected chi connectivity index (χ0v) is 15.0. The Morgan fingerprint density at radius 2 is 1.89 bits per heavy atom. The molecule has 7 nitrogen and oxygen atoms in total. The highest BCUT2D eigenvalue weighted by atomic mass is 16.5. The summed E-state index contributed by atoms with van der Waals surface area (Å²) in [5.74, 6) is -2.10. The van der Waals surface area contributed by atoms with Crippen molar-refractivity contribution in [3.63, 3.8) is 0 Å². The van der Waals surface area contributed by atoms with Crippen LogP contribution in [0, 0.1) is 0 Å². The van der Waals surface area contributed by atoms with Crippen molar-refractivity contribution in [2.75, 3.05) is 7.11 Å². The number of rotatable bonds is 5. The topological polar surface area (TPSA) is 84.0 Å². The Morgan fingerprint density at radius 3 is 2.44 bits per heavy atom. The Hall–Kier alpha value is -3.22. The van der Waals surface area contributed by atoms with E-state index < -0.39 is 35.8 Å². The van der Waals surface area contributed by atoms with E-state index in [9.17, 15) is 19.2 Å². The summed E-state index contributed by atoms with van der Waals surface area (Å²) in [7, 11) is 1.26. The summed E-state index contributed by atoms with van der Waals surface area (Å²) < 4.78 is 4.79. The standard InChI is InChI=1S/C20H20N2O5/c1-3-8-15(19(25)21-12-7-6-11-16(21)20(26)27-2)22-17(23)13-9-4-5-10-14(13)18(22)24/h3-5,7,9-10,12,15-16H,1,6,8,11H2,2H3/t15-,16-/m0/s1. The highest BCUT2D eigenvalue weighted by Crippen LogP contribution is 2.28. The Balaban J connectivity index is 1.95. The van der Waals surface area contributed by atoms with Gasteiger partial charge in [-0.2, -0.15) is 0 Å². The van der Waals surface area contributed by atoms with E-state index in [4.69, 9.17) is 4.74 Å². The first-order valence-electron chi connectivity index (χ1n) is 8.65. The Kier molecular flexibility index (Phi) is 5.21. The number of nitrogens with zero attached hydrogens (tertiary/aromatic N) is 2. The lowest BCUT2D eigenvalue weighted by atomic mass is 10.0. The van der Waals surface area contributed by atoms with Crippen LogP contribution >= 0.6 is 0 Å². The molecule has 140 valence electrons. The van der Waals surface area contributed by atoms with Crippen LogP contribution in [0.15, 0.2) is 49.2 Å². The normalized spacial score (nSPS) is 19.7. The van der Waals surface area contributed by atoms with Crippen LogP contribution < -0.4 is 0 Å². The van der Waals surface area contributed by atoms with Crippen molar-refractivity contribution in [2.45, 2.75) is 31.3 Å². The van der Waals surface area contributed by atoms with Gasteiger partial charge in [0.2, 0.25) is 0 Å². The number of esters is 1. The van der Waals surface area contributed by atoms with Gasteiger partial charge in [0.1, 0.15) is 12.1 Å². The molecule has 7 heteroatoms. The van der Waals surface area contributed by atoms with E-state index in [1.54, 1.807) is 30.3 Å². The summed E-state index contributed by atoms with van der Waals surface area (Å²) in [6.07, 6.45) is 5.89. The molecular weight excluding hydrogens is 348 g/mol. The van der Waals surface area contributed by atoms with Crippen molar-refractivity contribution in [1.82, 2.24) is 9.80 Å². The fourth-order valence-corrected chi connectivity index (χ4v) is 3.42. The Labute approximate surface area is 156 Å². The summed E-state index contributed by atoms with van der Waals surface area (Å²) >= 11 is 0. The van der Waals surface area contributed by atoms with Crippen LogP contribution in [-0.2, 0) is 14.3 Å². The van der Waals surface area contributed by atoms with Gasteiger partial charge in [0.15, 0.2) is 0 Å². The molecule has 2 heterocycles. The molecule has 3 rings (SSSR count). The maximum Gasteiger partial charge on any atom is 0.328 e. The van der Waals surface area contributed by atoms with Crippen molar-refractivity contribution in [2.24, 2.45) is 0 Å². The molecule has 0 fully saturated rings. The number of hydrogen-bond acceptors (Lipinski definition) is 5. The fraction of sp³-hybridized carbons (Fsp3) is 0.300. The molecule has 3 amide bonds. The molecule has 0 unspecified atom stereocenters. The van der Waals surface area contributed by atoms with Crippen LogP contribution in [0.5, 0.6) is 0 Å². The summed E-state index contributed by atoms with van der Waals surface area (Å²) in [5.41, 5.74) is 0.533. The van der Waals surface area contributed by atoms with Crippen molar-refractivity contribution < 1.29 is 23.9 Å². The number of imide groups is 1. The number of carbonyl (C=O) groups is 4. The van der Waals surface area contributed by atoms with Crippen molar-refractivity contribution in [3.05, 3.63) is 60.3 Å². The molecule has 0 saturated carbocycles. The van der Waals surface area contributed by atoms with Gasteiger partial charge < -0.3 is 9.64 Å². The predicted molar refractivity (Wildman–Crippen MR) is 96.6 cm³/mol. The molecule has 2 atom stereocenters. The van der Waals surface area contributed by atoms with E-state index >= 15 is 0 Å². The third kappa shape index (κ3) is 3.16. The SMILES string of the molecule is C=CC[C@@H](C(=O)N1C=CCC[C@H]1C(=O)OC)N1C(=O)c2ccccc2C1=O. The van der Waals surface area contributed by atoms with Crippen molar-refractivity contribution in [3.8, 4) is 0 Å². The molecule has 0 aromatic heterocycles. The number of carbonyl (C=O) groups excluding carboxylic acids is 4. The first-order valence-corrected chi connectivity index (χ1v) is 8.65. The second-order valence-electron chi connectivity index (χ2n) is 6.31. The Morgan fingerprint density at radius 1 is 1.26 bits per heavy atom. The predicted octanol–water partition coefficient (Wildman–Crippen LogP) is 1.91. The molecule has 0 bridgehead atoms. The average Bonchev–Trinajstić information content (AvgIpc) is 2.96. The van der Waals surface area contributed by atoms with Crippen LogP contribution in [0.1, 0.15) is 40.0 Å². The minimum Gasteiger partial charge on any atom is -0.467 e. The third-order valence-electron chi connectivity index (χ3n) is 4.75. The fourth-order valence-electron chi connectivity index (χ4n) is 3.42. The van der Waals surface area contributed by atoms with Crippen molar-refractivity contribution in [1.29, 1.82) is 0 Å². The van der Waals surface area contributed by atoms with Crippen LogP contribution in [0.2, 0.25) is 0 Å². The largest absolute Gasteiger partial charge is 0.467 e. The molecule has 2 aliphatic rings. The monoisotopic (exact) mass is 368 g/mol. The minimum atomic E-state index is -1.08. The lowest BCUT2D eigenvalue weighted by Gasteiger charge is -2.34. The van der Waals surface area contributed by atoms with Crippen LogP contribution in [0.3, 0.4) is 0 Å². The second kappa shape index (κ2) is 7.57. The van der Waals surface area contributed by atoms with E-state index in [1.165, 1.54) is 24.3 Å². The summed E-state index contributed by atoms with van der Waals surface area (Å²) in [6, 6.07) is 4.59.